The van der Waals surface area contributed by atoms with Crippen molar-refractivity contribution in [2.45, 2.75) is 58.0 Å². The summed E-state index contributed by atoms with van der Waals surface area (Å²) in [5, 5.41) is 12.0. The van der Waals surface area contributed by atoms with Gasteiger partial charge in [-0.1, -0.05) is 33.1 Å². The molecule has 4 N–H and O–H groups in total. The molecule has 116 valence electrons. The molecule has 0 radical (unpaired) electrons. The Morgan fingerprint density at radius 3 is 2.65 bits per heavy atom. The highest BCUT2D eigenvalue weighted by Gasteiger charge is 2.33. The van der Waals surface area contributed by atoms with Crippen LogP contribution in [0, 0.1) is 5.92 Å². The lowest BCUT2D eigenvalue weighted by Gasteiger charge is -2.34. The fourth-order valence-electron chi connectivity index (χ4n) is 2.67. The Balaban J connectivity index is 2.86. The number of aliphatic hydroxyl groups excluding tert-OH is 1. The first kappa shape index (κ1) is 16.8. The van der Waals surface area contributed by atoms with Gasteiger partial charge in [-0.05, 0) is 18.8 Å². The van der Waals surface area contributed by atoms with Crippen LogP contribution in [-0.2, 0) is 4.79 Å². The summed E-state index contributed by atoms with van der Waals surface area (Å²) < 4.78 is 0. The summed E-state index contributed by atoms with van der Waals surface area (Å²) in [6, 6.07) is -1.44. The summed E-state index contributed by atoms with van der Waals surface area (Å²) in [5.74, 6) is -0.114. The highest BCUT2D eigenvalue weighted by Crippen LogP contribution is 2.20. The van der Waals surface area contributed by atoms with E-state index in [4.69, 9.17) is 5.73 Å². The van der Waals surface area contributed by atoms with Crippen LogP contribution in [0.3, 0.4) is 0 Å². The maximum Gasteiger partial charge on any atom is 0.312 e. The number of nitrogens with one attached hydrogen (secondary N) is 1. The quantitative estimate of drug-likeness (QED) is 0.698. The van der Waals surface area contributed by atoms with E-state index in [-0.39, 0.29) is 24.5 Å². The van der Waals surface area contributed by atoms with Crippen LogP contribution in [0.2, 0.25) is 0 Å². The van der Waals surface area contributed by atoms with Gasteiger partial charge >= 0.3 is 6.03 Å². The van der Waals surface area contributed by atoms with E-state index < -0.39 is 12.1 Å². The van der Waals surface area contributed by atoms with Gasteiger partial charge in [0.2, 0.25) is 5.91 Å². The average molecular weight is 285 g/mol. The van der Waals surface area contributed by atoms with Gasteiger partial charge in [0.25, 0.3) is 0 Å². The van der Waals surface area contributed by atoms with Crippen LogP contribution in [0.1, 0.15) is 46.0 Å². The number of carbonyl (C=O) groups excluding carboxylic acids is 2. The molecule has 3 atom stereocenters. The number of nitrogens with two attached hydrogens (primary N) is 1. The second-order valence-electron chi connectivity index (χ2n) is 5.59. The van der Waals surface area contributed by atoms with Crippen LogP contribution >= 0.6 is 0 Å². The van der Waals surface area contributed by atoms with Crippen molar-refractivity contribution in [2.75, 3.05) is 13.2 Å². The maximum absolute atomic E-state index is 12.7. The molecule has 1 aliphatic heterocycles. The molecule has 1 fully saturated rings. The Morgan fingerprint density at radius 2 is 2.10 bits per heavy atom. The number of likely N-dealkylation sites (tertiary alicyclic amines) is 1. The van der Waals surface area contributed by atoms with Gasteiger partial charge in [-0.3, -0.25) is 4.79 Å². The van der Waals surface area contributed by atoms with Crippen molar-refractivity contribution in [3.63, 3.8) is 0 Å². The van der Waals surface area contributed by atoms with Gasteiger partial charge < -0.3 is 21.1 Å². The first-order valence-electron chi connectivity index (χ1n) is 7.48. The van der Waals surface area contributed by atoms with Crippen molar-refractivity contribution < 1.29 is 14.7 Å². The Labute approximate surface area is 120 Å². The van der Waals surface area contributed by atoms with E-state index in [0.717, 1.165) is 32.1 Å². The molecule has 0 aromatic carbocycles. The number of nitrogens with zero attached hydrogens (tertiary/aromatic N) is 1. The summed E-state index contributed by atoms with van der Waals surface area (Å²) in [4.78, 5) is 25.6. The van der Waals surface area contributed by atoms with Gasteiger partial charge in [0.05, 0.1) is 12.6 Å². The zero-order valence-corrected chi connectivity index (χ0v) is 12.5. The van der Waals surface area contributed by atoms with Gasteiger partial charge in [-0.15, -0.1) is 0 Å². The van der Waals surface area contributed by atoms with Gasteiger partial charge in [0, 0.05) is 6.54 Å². The van der Waals surface area contributed by atoms with Gasteiger partial charge in [0.1, 0.15) is 6.04 Å². The van der Waals surface area contributed by atoms with Crippen molar-refractivity contribution in [2.24, 2.45) is 11.7 Å². The normalized spacial score (nSPS) is 22.8. The molecule has 1 aliphatic rings. The molecule has 6 nitrogen and oxygen atoms in total. The smallest absolute Gasteiger partial charge is 0.312 e. The maximum atomic E-state index is 12.7. The molecule has 1 heterocycles. The van der Waals surface area contributed by atoms with Crippen LogP contribution < -0.4 is 11.1 Å². The minimum Gasteiger partial charge on any atom is -0.394 e. The van der Waals surface area contributed by atoms with Crippen LogP contribution in [0.15, 0.2) is 0 Å². The molecule has 3 unspecified atom stereocenters. The topological polar surface area (TPSA) is 95.7 Å². The van der Waals surface area contributed by atoms with Crippen molar-refractivity contribution in [1.29, 1.82) is 0 Å². The fourth-order valence-corrected chi connectivity index (χ4v) is 2.67. The monoisotopic (exact) mass is 285 g/mol. The SMILES string of the molecule is CCC(C)C(NC(N)=O)C(=O)N1CCCCCC1CO. The molecule has 0 bridgehead atoms. The highest BCUT2D eigenvalue weighted by atomic mass is 16.3. The number of hydrogen-bond acceptors (Lipinski definition) is 3. The van der Waals surface area contributed by atoms with Crippen LogP contribution in [-0.4, -0.2) is 47.2 Å². The molecule has 6 heteroatoms. The Morgan fingerprint density at radius 1 is 1.40 bits per heavy atom. The lowest BCUT2D eigenvalue weighted by Crippen LogP contribution is -2.55. The van der Waals surface area contributed by atoms with Crippen molar-refractivity contribution in [1.82, 2.24) is 10.2 Å². The van der Waals surface area contributed by atoms with E-state index in [1.54, 1.807) is 4.90 Å². The number of carbonyl (C=O) groups is 2. The average Bonchev–Trinajstić information content (AvgIpc) is 2.68. The molecule has 0 aliphatic carbocycles. The molecule has 1 rings (SSSR count). The van der Waals surface area contributed by atoms with E-state index in [9.17, 15) is 14.7 Å². The number of amides is 3. The van der Waals surface area contributed by atoms with Gasteiger partial charge in [-0.2, -0.15) is 0 Å². The van der Waals surface area contributed by atoms with Crippen molar-refractivity contribution in [3.8, 4) is 0 Å². The van der Waals surface area contributed by atoms with Crippen LogP contribution in [0.25, 0.3) is 0 Å². The van der Waals surface area contributed by atoms with Crippen molar-refractivity contribution >= 4 is 11.9 Å². The molecule has 20 heavy (non-hydrogen) atoms. The number of urea groups is 1. The minimum atomic E-state index is -0.681. The lowest BCUT2D eigenvalue weighted by atomic mass is 9.97. The predicted octanol–water partition coefficient (Wildman–Crippen LogP) is 0.833. The first-order valence-corrected chi connectivity index (χ1v) is 7.48. The van der Waals surface area contributed by atoms with E-state index in [1.807, 2.05) is 13.8 Å². The van der Waals surface area contributed by atoms with Crippen LogP contribution in [0.4, 0.5) is 4.79 Å². The molecule has 0 aromatic rings. The summed E-state index contributed by atoms with van der Waals surface area (Å²) in [5.41, 5.74) is 5.18. The molecular formula is C14H27N3O3. The second-order valence-corrected chi connectivity index (χ2v) is 5.59. The number of rotatable bonds is 5. The van der Waals surface area contributed by atoms with E-state index in [2.05, 4.69) is 5.32 Å². The summed E-state index contributed by atoms with van der Waals surface area (Å²) in [7, 11) is 0. The molecule has 1 saturated heterocycles. The number of hydrogen-bond donors (Lipinski definition) is 3. The lowest BCUT2D eigenvalue weighted by molar-refractivity contribution is -0.137. The third kappa shape index (κ3) is 4.37. The Kier molecular flexibility index (Phi) is 6.78. The molecule has 0 aromatic heterocycles. The minimum absolute atomic E-state index is 0.0117. The molecule has 0 saturated carbocycles. The Hall–Kier alpha value is -1.30. The number of aliphatic hydroxyl groups is 1. The van der Waals surface area contributed by atoms with E-state index in [1.165, 1.54) is 0 Å². The van der Waals surface area contributed by atoms with Gasteiger partial charge in [-0.25, -0.2) is 4.79 Å². The zero-order chi connectivity index (χ0) is 15.1. The fraction of sp³-hybridized carbons (Fsp3) is 0.857. The third-order valence-electron chi connectivity index (χ3n) is 4.15. The molecule has 0 spiro atoms. The van der Waals surface area contributed by atoms with Gasteiger partial charge in [0.15, 0.2) is 0 Å². The highest BCUT2D eigenvalue weighted by molar-refractivity contribution is 5.87. The second kappa shape index (κ2) is 8.09. The standard InChI is InChI=1S/C14H27N3O3/c1-3-10(2)12(16-14(15)20)13(19)17-8-6-4-5-7-11(17)9-18/h10-12,18H,3-9H2,1-2H3,(H3,15,16,20). The first-order chi connectivity index (χ1) is 9.51. The largest absolute Gasteiger partial charge is 0.394 e. The third-order valence-corrected chi connectivity index (χ3v) is 4.15. The summed E-state index contributed by atoms with van der Waals surface area (Å²) in [6.07, 6.45) is 4.61. The zero-order valence-electron chi connectivity index (χ0n) is 12.5. The molecule has 3 amide bonds. The predicted molar refractivity (Wildman–Crippen MR) is 77.0 cm³/mol. The van der Waals surface area contributed by atoms with Crippen LogP contribution in [0.5, 0.6) is 0 Å². The van der Waals surface area contributed by atoms with E-state index >= 15 is 0 Å². The summed E-state index contributed by atoms with van der Waals surface area (Å²) in [6.45, 7) is 4.50. The number of primary amides is 1. The Bertz CT molecular complexity index is 336. The molecular weight excluding hydrogens is 258 g/mol. The van der Waals surface area contributed by atoms with Crippen molar-refractivity contribution in [3.05, 3.63) is 0 Å². The van der Waals surface area contributed by atoms with E-state index in [0.29, 0.717) is 6.54 Å². The summed E-state index contributed by atoms with van der Waals surface area (Å²) >= 11 is 0.